The molecule has 1 N–H and O–H groups in total. The minimum absolute atomic E-state index is 0.0249. The van der Waals surface area contributed by atoms with Crippen LogP contribution in [0.4, 0.5) is 5.69 Å². The molecule has 9 heteroatoms. The second kappa shape index (κ2) is 8.69. The number of sulfonamides is 1. The minimum Gasteiger partial charge on any atom is -0.495 e. The summed E-state index contributed by atoms with van der Waals surface area (Å²) in [7, 11) is -2.31. The summed E-state index contributed by atoms with van der Waals surface area (Å²) in [6, 6.07) is 9.05. The third kappa shape index (κ3) is 4.43. The second-order valence-corrected chi connectivity index (χ2v) is 9.16. The van der Waals surface area contributed by atoms with Crippen molar-refractivity contribution >= 4 is 44.8 Å². The van der Waals surface area contributed by atoms with Crippen LogP contribution >= 0.6 is 23.2 Å². The van der Waals surface area contributed by atoms with Gasteiger partial charge >= 0.3 is 0 Å². The monoisotopic (exact) mass is 442 g/mol. The summed E-state index contributed by atoms with van der Waals surface area (Å²) in [6.07, 6.45) is 2.67. The Kier molecular flexibility index (Phi) is 6.50. The van der Waals surface area contributed by atoms with E-state index in [-0.39, 0.29) is 21.2 Å². The highest BCUT2D eigenvalue weighted by molar-refractivity contribution is 7.89. The van der Waals surface area contributed by atoms with E-state index in [1.807, 2.05) is 0 Å². The fourth-order valence-electron chi connectivity index (χ4n) is 3.07. The van der Waals surface area contributed by atoms with Crippen LogP contribution in [0.5, 0.6) is 5.75 Å². The molecule has 0 unspecified atom stereocenters. The molecule has 3 rings (SSSR count). The van der Waals surface area contributed by atoms with Crippen molar-refractivity contribution < 1.29 is 17.9 Å². The molecule has 2 aromatic carbocycles. The summed E-state index contributed by atoms with van der Waals surface area (Å²) in [5.41, 5.74) is 0.565. The van der Waals surface area contributed by atoms with E-state index in [4.69, 9.17) is 27.9 Å². The van der Waals surface area contributed by atoms with E-state index in [9.17, 15) is 13.2 Å². The number of carbonyl (C=O) groups excluding carboxylic acids is 1. The first-order valence-electron chi connectivity index (χ1n) is 8.77. The fourth-order valence-corrected chi connectivity index (χ4v) is 5.27. The van der Waals surface area contributed by atoms with Crippen molar-refractivity contribution in [2.45, 2.75) is 24.2 Å². The van der Waals surface area contributed by atoms with Gasteiger partial charge in [-0.1, -0.05) is 29.6 Å². The highest BCUT2D eigenvalue weighted by Crippen LogP contribution is 2.31. The molecule has 0 saturated carbocycles. The van der Waals surface area contributed by atoms with Gasteiger partial charge in [0.25, 0.3) is 5.91 Å². The number of ether oxygens (including phenoxy) is 1. The van der Waals surface area contributed by atoms with Crippen molar-refractivity contribution in [1.29, 1.82) is 0 Å². The van der Waals surface area contributed by atoms with E-state index < -0.39 is 15.9 Å². The second-order valence-electron chi connectivity index (χ2n) is 6.41. The number of benzene rings is 2. The SMILES string of the molecule is COc1ccc(NC(=O)c2ccc(Cl)cc2Cl)cc1S(=O)(=O)N1CCCCC1. The molecule has 0 bridgehead atoms. The first-order valence-corrected chi connectivity index (χ1v) is 11.0. The molecule has 28 heavy (non-hydrogen) atoms. The Bertz CT molecular complexity index is 989. The van der Waals surface area contributed by atoms with Gasteiger partial charge in [0, 0.05) is 23.8 Å². The molecule has 0 radical (unpaired) electrons. The van der Waals surface area contributed by atoms with Gasteiger partial charge in [-0.05, 0) is 49.2 Å². The van der Waals surface area contributed by atoms with Crippen LogP contribution in [0.15, 0.2) is 41.3 Å². The molecule has 1 amide bonds. The third-order valence-corrected chi connectivity index (χ3v) is 7.00. The number of anilines is 1. The number of methoxy groups -OCH3 is 1. The van der Waals surface area contributed by atoms with Crippen LogP contribution in [0.1, 0.15) is 29.6 Å². The topological polar surface area (TPSA) is 75.7 Å². The standard InChI is InChI=1S/C19H20Cl2N2O4S/c1-27-17-8-6-14(22-19(24)15-7-5-13(20)11-16(15)21)12-18(17)28(25,26)23-9-3-2-4-10-23/h5-8,11-12H,2-4,9-10H2,1H3,(H,22,24). The Balaban J connectivity index is 1.91. The lowest BCUT2D eigenvalue weighted by Gasteiger charge is -2.26. The molecule has 6 nitrogen and oxygen atoms in total. The molecule has 1 aliphatic heterocycles. The highest BCUT2D eigenvalue weighted by Gasteiger charge is 2.29. The van der Waals surface area contributed by atoms with Crippen LogP contribution in [0, 0.1) is 0 Å². The molecule has 150 valence electrons. The summed E-state index contributed by atoms with van der Waals surface area (Å²) in [5, 5.41) is 3.31. The van der Waals surface area contributed by atoms with Crippen LogP contribution in [-0.4, -0.2) is 38.8 Å². The first-order chi connectivity index (χ1) is 13.3. The number of piperidine rings is 1. The molecule has 2 aromatic rings. The predicted molar refractivity (Wildman–Crippen MR) is 110 cm³/mol. The van der Waals surface area contributed by atoms with Gasteiger partial charge in [-0.25, -0.2) is 8.42 Å². The Morgan fingerprint density at radius 2 is 1.79 bits per heavy atom. The zero-order valence-corrected chi connectivity index (χ0v) is 17.6. The summed E-state index contributed by atoms with van der Waals surface area (Å²) in [6.45, 7) is 0.949. The molecule has 0 spiro atoms. The van der Waals surface area contributed by atoms with Crippen molar-refractivity contribution in [3.05, 3.63) is 52.0 Å². The minimum atomic E-state index is -3.73. The number of amides is 1. The number of nitrogens with zero attached hydrogens (tertiary/aromatic N) is 1. The van der Waals surface area contributed by atoms with E-state index in [1.165, 1.54) is 35.7 Å². The van der Waals surface area contributed by atoms with Crippen molar-refractivity contribution in [1.82, 2.24) is 4.31 Å². The fraction of sp³-hybridized carbons (Fsp3) is 0.316. The van der Waals surface area contributed by atoms with Gasteiger partial charge in [0.15, 0.2) is 0 Å². The average Bonchev–Trinajstić information content (AvgIpc) is 2.68. The summed E-state index contributed by atoms with van der Waals surface area (Å²) < 4.78 is 32.8. The van der Waals surface area contributed by atoms with Crippen LogP contribution in [0.3, 0.4) is 0 Å². The maximum absolute atomic E-state index is 13.1. The highest BCUT2D eigenvalue weighted by atomic mass is 35.5. The molecule has 0 atom stereocenters. The number of nitrogens with one attached hydrogen (secondary N) is 1. The smallest absolute Gasteiger partial charge is 0.257 e. The summed E-state index contributed by atoms with van der Waals surface area (Å²) in [4.78, 5) is 12.6. The Morgan fingerprint density at radius 1 is 1.07 bits per heavy atom. The molecule has 1 fully saturated rings. The molecule has 1 aliphatic rings. The lowest BCUT2D eigenvalue weighted by Crippen LogP contribution is -2.35. The molecule has 1 heterocycles. The molecule has 0 aliphatic carbocycles. The normalized spacial score (nSPS) is 15.2. The number of hydrogen-bond donors (Lipinski definition) is 1. The largest absolute Gasteiger partial charge is 0.495 e. The number of rotatable bonds is 5. The van der Waals surface area contributed by atoms with Crippen LogP contribution in [-0.2, 0) is 10.0 Å². The van der Waals surface area contributed by atoms with E-state index in [1.54, 1.807) is 12.1 Å². The molecule has 0 aromatic heterocycles. The molecular formula is C19H20Cl2N2O4S. The Hall–Kier alpha value is -1.80. The average molecular weight is 443 g/mol. The van der Waals surface area contributed by atoms with Gasteiger partial charge in [0.05, 0.1) is 17.7 Å². The van der Waals surface area contributed by atoms with Gasteiger partial charge in [-0.3, -0.25) is 4.79 Å². The Labute approximate surface area is 174 Å². The third-order valence-electron chi connectivity index (χ3n) is 4.53. The quantitative estimate of drug-likeness (QED) is 0.742. The van der Waals surface area contributed by atoms with Crippen molar-refractivity contribution in [3.63, 3.8) is 0 Å². The van der Waals surface area contributed by atoms with Crippen LogP contribution < -0.4 is 10.1 Å². The van der Waals surface area contributed by atoms with Crippen molar-refractivity contribution in [2.75, 3.05) is 25.5 Å². The lowest BCUT2D eigenvalue weighted by molar-refractivity contribution is 0.102. The number of halogens is 2. The zero-order chi connectivity index (χ0) is 20.3. The van der Waals surface area contributed by atoms with Gasteiger partial charge in [0.1, 0.15) is 10.6 Å². The molecule has 1 saturated heterocycles. The van der Waals surface area contributed by atoms with Gasteiger partial charge in [-0.15, -0.1) is 0 Å². The van der Waals surface area contributed by atoms with E-state index in [0.29, 0.717) is 23.8 Å². The van der Waals surface area contributed by atoms with E-state index in [0.717, 1.165) is 19.3 Å². The van der Waals surface area contributed by atoms with Crippen LogP contribution in [0.2, 0.25) is 10.0 Å². The van der Waals surface area contributed by atoms with Gasteiger partial charge in [-0.2, -0.15) is 4.31 Å². The molecular weight excluding hydrogens is 423 g/mol. The van der Waals surface area contributed by atoms with Crippen molar-refractivity contribution in [3.8, 4) is 5.75 Å². The number of hydrogen-bond acceptors (Lipinski definition) is 4. The zero-order valence-electron chi connectivity index (χ0n) is 15.2. The maximum Gasteiger partial charge on any atom is 0.257 e. The van der Waals surface area contributed by atoms with Gasteiger partial charge < -0.3 is 10.1 Å². The summed E-state index contributed by atoms with van der Waals surface area (Å²) in [5.74, 6) is -0.235. The Morgan fingerprint density at radius 3 is 2.43 bits per heavy atom. The van der Waals surface area contributed by atoms with Crippen LogP contribution in [0.25, 0.3) is 0 Å². The van der Waals surface area contributed by atoms with Crippen molar-refractivity contribution in [2.24, 2.45) is 0 Å². The first kappa shape index (κ1) is 20.9. The van der Waals surface area contributed by atoms with E-state index in [2.05, 4.69) is 5.32 Å². The van der Waals surface area contributed by atoms with E-state index >= 15 is 0 Å². The maximum atomic E-state index is 13.1. The number of carbonyl (C=O) groups is 1. The van der Waals surface area contributed by atoms with Gasteiger partial charge in [0.2, 0.25) is 10.0 Å². The lowest BCUT2D eigenvalue weighted by atomic mass is 10.2. The summed E-state index contributed by atoms with van der Waals surface area (Å²) >= 11 is 11.9. The predicted octanol–water partition coefficient (Wildman–Crippen LogP) is 4.43.